The monoisotopic (exact) mass is 1990 g/mol. The molecule has 28 heteroatoms. The summed E-state index contributed by atoms with van der Waals surface area (Å²) in [6, 6.07) is 81.5. The van der Waals surface area contributed by atoms with Gasteiger partial charge in [-0.05, 0) is 242 Å². The van der Waals surface area contributed by atoms with Gasteiger partial charge in [-0.25, -0.2) is 4.98 Å². The van der Waals surface area contributed by atoms with Crippen LogP contribution in [0.1, 0.15) is 117 Å². The van der Waals surface area contributed by atoms with E-state index in [-0.39, 0.29) is 42.1 Å². The summed E-state index contributed by atoms with van der Waals surface area (Å²) in [7, 11) is 1.21. The molecule has 5 N–H and O–H groups in total. The number of para-hydroxylation sites is 5. The van der Waals surface area contributed by atoms with Crippen LogP contribution >= 0.6 is 27.5 Å². The van der Waals surface area contributed by atoms with E-state index in [0.717, 1.165) is 280 Å². The molecule has 4 saturated heterocycles. The van der Waals surface area contributed by atoms with Crippen molar-refractivity contribution >= 4 is 57.2 Å². The average molecular weight is 1990 g/mol. The first-order valence-corrected chi connectivity index (χ1v) is 49.3. The summed E-state index contributed by atoms with van der Waals surface area (Å²) in [6.07, 6.45) is 7.65. The van der Waals surface area contributed by atoms with Crippen LogP contribution in [0.2, 0.25) is 0 Å². The first-order chi connectivity index (χ1) is 69.2. The summed E-state index contributed by atoms with van der Waals surface area (Å²) < 4.78 is 74.5. The highest BCUT2D eigenvalue weighted by atomic mass is 79.9. The zero-order valence-corrected chi connectivity index (χ0v) is 82.0. The van der Waals surface area contributed by atoms with Crippen LogP contribution in [-0.4, -0.2) is 144 Å². The molecular formula is C114H109BBrClN8O17. The number of benzene rings is 11. The number of nitrogens with zero attached hydrogens (tertiary/aromatic N) is 6. The number of methoxy groups -OCH3 is 1. The molecule has 9 aliphatic rings. The van der Waals surface area contributed by atoms with Crippen molar-refractivity contribution in [2.75, 3.05) is 101 Å². The topological polar surface area (TPSA) is 278 Å². The number of fused-ring (bicyclic) bond motifs is 10. The number of aliphatic hydroxyl groups is 3. The smallest absolute Gasteiger partial charge is 0.497 e. The van der Waals surface area contributed by atoms with Crippen LogP contribution in [0.4, 0.5) is 17.1 Å². The van der Waals surface area contributed by atoms with Crippen LogP contribution in [0.15, 0.2) is 275 Å². The van der Waals surface area contributed by atoms with Crippen molar-refractivity contribution in [3.8, 4) is 103 Å². The number of morpholine rings is 3. The van der Waals surface area contributed by atoms with Crippen molar-refractivity contribution in [2.45, 2.75) is 110 Å². The Morgan fingerprint density at radius 3 is 1.25 bits per heavy atom. The molecule has 25 nitrogen and oxygen atoms in total. The minimum atomic E-state index is -0.446. The third-order valence-corrected chi connectivity index (χ3v) is 28.1. The van der Waals surface area contributed by atoms with Crippen LogP contribution < -0.4 is 64.4 Å². The van der Waals surface area contributed by atoms with Gasteiger partial charge in [-0.1, -0.05) is 115 Å². The molecule has 0 saturated carbocycles. The van der Waals surface area contributed by atoms with Crippen LogP contribution in [0, 0.1) is 0 Å². The first-order valence-electron chi connectivity index (χ1n) is 47.9. The standard InChI is InChI=1S/C31H30N2O5.C26H24N4O3.C23H21ClN2O3.C20H23BO4.C14H11BrO2/c1-35-26-8-5-21(6-9-26)20-37-30-18-25(33-11-13-36-14-12-33)17-28(32-30)27-4-2-3-23-16-24-15-22(19-34)7-10-29(24)38-31(23)27;31-25-16-21(29-9-11-32-12-10-29)15-23(28-25)22-4-1-3-19-14-20-13-18(17-30-8-2-7-27-30)5-6-24(20)33-26(19)22;24-14-15-4-5-21-17(10-15)11-16-2-1-3-19(23(16)29-21)20-12-18(13-22(27)25-20)26-6-8-28-9-7-26;1-19(2)20(3,4)25-21(24-19)16-7-5-6-14-11-15-10-13(12-22)8-9-17(15)23-18(14)16;15-12-3-1-2-10-7-11-6-9(8-16)4-5-13(11)17-14(10)12/h2-10,15,17-18,34H,11-14,16,19-20H2,1H3;1-8,13,15-16H,9-12,14,17H2,(H,28,31);1-5,10,12-13H,6-9,11,14H2,(H,25,27);5-10,22H,11-12H2,1-4H3;1-6,16H,7-8H2. The summed E-state index contributed by atoms with van der Waals surface area (Å²) in [5.74, 6) is 10.2. The second-order valence-corrected chi connectivity index (χ2v) is 38.3. The fourth-order valence-corrected chi connectivity index (χ4v) is 19.6. The van der Waals surface area contributed by atoms with Gasteiger partial charge >= 0.3 is 7.12 Å². The molecule has 4 fully saturated rings. The van der Waals surface area contributed by atoms with Crippen molar-refractivity contribution in [3.05, 3.63) is 375 Å². The van der Waals surface area contributed by atoms with Gasteiger partial charge in [-0.15, -0.1) is 11.6 Å². The maximum absolute atomic E-state index is 12.5. The van der Waals surface area contributed by atoms with Gasteiger partial charge in [0, 0.05) is 153 Å². The van der Waals surface area contributed by atoms with Gasteiger partial charge in [0.05, 0.1) is 106 Å². The molecule has 0 aliphatic carbocycles. The Morgan fingerprint density at radius 1 is 0.415 bits per heavy atom. The molecule has 0 spiro atoms. The summed E-state index contributed by atoms with van der Waals surface area (Å²) >= 11 is 9.48. The highest BCUT2D eigenvalue weighted by molar-refractivity contribution is 9.10. The molecule has 724 valence electrons. The fourth-order valence-electron chi connectivity index (χ4n) is 18.9. The van der Waals surface area contributed by atoms with E-state index < -0.39 is 7.12 Å². The lowest BCUT2D eigenvalue weighted by molar-refractivity contribution is 0.00578. The van der Waals surface area contributed by atoms with Gasteiger partial charge in [0.1, 0.15) is 69.9 Å². The summed E-state index contributed by atoms with van der Waals surface area (Å²) in [4.78, 5) is 42.5. The Bertz CT molecular complexity index is 7250. The molecular weight excluding hydrogens is 1880 g/mol. The number of ether oxygens (including phenoxy) is 10. The van der Waals surface area contributed by atoms with Crippen LogP contribution in [0.5, 0.6) is 69.1 Å². The molecule has 0 radical (unpaired) electrons. The number of aliphatic hydroxyl groups excluding tert-OH is 3. The van der Waals surface area contributed by atoms with Crippen molar-refractivity contribution in [3.63, 3.8) is 0 Å². The number of H-pyrrole nitrogens is 2. The summed E-state index contributed by atoms with van der Waals surface area (Å²) in [5.41, 5.74) is 24.9. The van der Waals surface area contributed by atoms with Crippen molar-refractivity contribution in [2.24, 2.45) is 0 Å². The Labute approximate surface area is 837 Å². The zero-order chi connectivity index (χ0) is 97.5. The predicted molar refractivity (Wildman–Crippen MR) is 553 cm³/mol. The lowest BCUT2D eigenvalue weighted by Crippen LogP contribution is -2.41. The van der Waals surface area contributed by atoms with Gasteiger partial charge in [0.15, 0.2) is 0 Å². The molecule has 0 bridgehead atoms. The molecule has 11 aromatic carbocycles. The van der Waals surface area contributed by atoms with Crippen molar-refractivity contribution in [1.82, 2.24) is 24.7 Å². The van der Waals surface area contributed by atoms with E-state index in [0.29, 0.717) is 58.0 Å². The highest BCUT2D eigenvalue weighted by Crippen LogP contribution is 2.50. The van der Waals surface area contributed by atoms with Crippen molar-refractivity contribution in [1.29, 1.82) is 0 Å². The number of anilines is 3. The highest BCUT2D eigenvalue weighted by Gasteiger charge is 2.53. The second-order valence-electron chi connectivity index (χ2n) is 37.2. The van der Waals surface area contributed by atoms with Crippen molar-refractivity contribution < 1.29 is 72.0 Å². The first kappa shape index (κ1) is 95.7. The molecule has 0 atom stereocenters. The number of rotatable bonds is 17. The lowest BCUT2D eigenvalue weighted by atomic mass is 9.76. The van der Waals surface area contributed by atoms with E-state index in [2.05, 4.69) is 128 Å². The quantitative estimate of drug-likeness (QED) is 0.0418. The molecule has 13 heterocycles. The SMILES string of the molecule is CC1(C)OB(c2cccc3c2Oc2ccc(CO)cc2C3)OC1(C)C.COc1ccc(COc2cc(N3CCOCC3)cc(-c3cccc4c3Oc3ccc(CO)cc3C4)n2)cc1.O=c1cc(N2CCOCC2)cc(-c2cccc3c2Oc2ccc(CCl)cc2C3)[nH]1.O=c1cc(N2CCOCC2)cc(-c2cccc3c2Oc2ccc(Cn4cccn4)cc2C3)[nH]1.OCc1ccc2c(c1)Cc1cccc(Br)c1O2. The molecule has 142 heavy (non-hydrogen) atoms. The van der Waals surface area contributed by atoms with E-state index in [1.165, 1.54) is 11.1 Å². The lowest BCUT2D eigenvalue weighted by Gasteiger charge is -2.32. The minimum absolute atomic E-state index is 0.0116. The molecule has 15 aromatic rings. The van der Waals surface area contributed by atoms with Gasteiger partial charge in [0.25, 0.3) is 0 Å². The third kappa shape index (κ3) is 21.4. The summed E-state index contributed by atoms with van der Waals surface area (Å²) in [6.45, 7) is 18.2. The Hall–Kier alpha value is -13.8. The maximum atomic E-state index is 12.5. The van der Waals surface area contributed by atoms with Gasteiger partial charge in [-0.3, -0.25) is 14.3 Å². The fraction of sp³-hybridized carbons (Fsp3) is 0.263. The number of aromatic amines is 2. The largest absolute Gasteiger partial charge is 0.498 e. The molecule has 4 aromatic heterocycles. The van der Waals surface area contributed by atoms with Crippen LogP contribution in [0.3, 0.4) is 0 Å². The predicted octanol–water partition coefficient (Wildman–Crippen LogP) is 20.3. The van der Waals surface area contributed by atoms with Crippen LogP contribution in [-0.2, 0) is 94.5 Å². The Kier molecular flexibility index (Phi) is 28.7. The third-order valence-electron chi connectivity index (χ3n) is 27.1. The minimum Gasteiger partial charge on any atom is -0.497 e. The van der Waals surface area contributed by atoms with Gasteiger partial charge < -0.3 is 96.7 Å². The van der Waals surface area contributed by atoms with Gasteiger partial charge in [0.2, 0.25) is 17.0 Å². The van der Waals surface area contributed by atoms with E-state index in [4.69, 9.17) is 78.4 Å². The number of hydrogen-bond acceptors (Lipinski definition) is 22. The summed E-state index contributed by atoms with van der Waals surface area (Å²) in [5, 5.41) is 32.3. The molecule has 0 unspecified atom stereocenters. The maximum Gasteiger partial charge on any atom is 0.498 e. The molecule has 0 amide bonds. The average Bonchev–Trinajstić information content (AvgIpc) is 1.59. The number of hydrogen-bond donors (Lipinski definition) is 5. The van der Waals surface area contributed by atoms with Gasteiger partial charge in [-0.2, -0.15) is 5.10 Å². The molecule has 24 rings (SSSR count). The number of nitrogens with one attached hydrogen (secondary N) is 2. The normalized spacial score (nSPS) is 15.5. The van der Waals surface area contributed by atoms with E-state index in [1.807, 2.05) is 193 Å². The second kappa shape index (κ2) is 42.5. The van der Waals surface area contributed by atoms with E-state index in [1.54, 1.807) is 25.4 Å². The molecule has 9 aliphatic heterocycles. The number of pyridine rings is 3. The van der Waals surface area contributed by atoms with E-state index >= 15 is 0 Å². The number of alkyl halides is 1. The zero-order valence-electron chi connectivity index (χ0n) is 79.7. The Balaban J connectivity index is 0.000000111. The number of halogens is 2. The number of aromatic nitrogens is 5. The van der Waals surface area contributed by atoms with E-state index in [9.17, 15) is 19.8 Å². The van der Waals surface area contributed by atoms with Crippen LogP contribution in [0.25, 0.3) is 33.8 Å². The Morgan fingerprint density at radius 2 is 0.803 bits per heavy atom.